The minimum atomic E-state index is -0.337. The Morgan fingerprint density at radius 1 is 0.774 bits per heavy atom. The van der Waals surface area contributed by atoms with Crippen LogP contribution in [0.2, 0.25) is 0 Å². The molecule has 0 saturated heterocycles. The summed E-state index contributed by atoms with van der Waals surface area (Å²) in [4.78, 5) is 17.1. The molecule has 0 aliphatic carbocycles. The zero-order valence-electron chi connectivity index (χ0n) is 34.1. The molecule has 0 unspecified atom stereocenters. The molecule has 0 amide bonds. The number of aliphatic hydroxyl groups is 1. The zero-order chi connectivity index (χ0) is 38.2. The Kier molecular flexibility index (Phi) is 12.8. The van der Waals surface area contributed by atoms with Crippen molar-refractivity contribution in [3.8, 4) is 22.8 Å². The molecule has 1 N–H and O–H groups in total. The summed E-state index contributed by atoms with van der Waals surface area (Å²) < 4.78 is 6.81. The van der Waals surface area contributed by atoms with Crippen LogP contribution in [-0.2, 0) is 37.7 Å². The molecule has 53 heavy (non-hydrogen) atoms. The number of carbonyl (C=O) groups is 1. The first-order chi connectivity index (χ1) is 24.4. The second-order valence-electron chi connectivity index (χ2n) is 17.8. The summed E-state index contributed by atoms with van der Waals surface area (Å²) in [6.45, 7) is 25.8. The largest absolute Gasteiger partial charge is 0.512 e. The molecular formula is C48H60IrNO3-. The van der Waals surface area contributed by atoms with Gasteiger partial charge in [0.05, 0.1) is 5.75 Å². The van der Waals surface area contributed by atoms with Crippen LogP contribution < -0.4 is 4.74 Å². The third-order valence-electron chi connectivity index (χ3n) is 11.4. The minimum absolute atomic E-state index is 0. The fraction of sp³-hybridized carbons (Fsp3) is 0.458. The van der Waals surface area contributed by atoms with Crippen molar-refractivity contribution in [3.05, 3.63) is 89.8 Å². The molecule has 0 saturated carbocycles. The Hall–Kier alpha value is -3.53. The Bertz CT molecular complexity index is 2140. The molecule has 0 atom stereocenters. The number of fused-ring (bicyclic) bond motifs is 5. The van der Waals surface area contributed by atoms with E-state index >= 15 is 0 Å². The van der Waals surface area contributed by atoms with Gasteiger partial charge >= 0.3 is 0 Å². The van der Waals surface area contributed by atoms with Gasteiger partial charge in [0, 0.05) is 54.3 Å². The predicted molar refractivity (Wildman–Crippen MR) is 221 cm³/mol. The maximum atomic E-state index is 12.2. The molecule has 4 aromatic carbocycles. The molecule has 1 aromatic heterocycles. The summed E-state index contributed by atoms with van der Waals surface area (Å²) in [5, 5.41) is 17.3. The van der Waals surface area contributed by atoms with Gasteiger partial charge in [0.25, 0.3) is 0 Å². The monoisotopic (exact) mass is 891 g/mol. The summed E-state index contributed by atoms with van der Waals surface area (Å²) in [5.41, 5.74) is 4.29. The first-order valence-corrected chi connectivity index (χ1v) is 19.3. The number of ketones is 1. The predicted octanol–water partition coefficient (Wildman–Crippen LogP) is 13.9. The standard InChI is InChI=1S/C33H32NO.C15H28O2.Ir/c1-32(2,3)18-22-12-9-11-21-17-27-29-24(28(21)22)14-15-34-30(29)25-16-20-10-7-8-13-23(20)26(31(25)35-27)19-33(4,5)6;1-7-14(5,8-2)12(16)11-13(17)15(6,9-3)10-4;/h7-15,17H,18-19H2,1-6H3;11,16H,7-10H2,1-6H3;/q-1;;/b;12-11-;. The van der Waals surface area contributed by atoms with Crippen molar-refractivity contribution in [1.82, 2.24) is 4.98 Å². The number of hydrogen-bond donors (Lipinski definition) is 1. The molecule has 5 heteroatoms. The van der Waals surface area contributed by atoms with Crippen LogP contribution in [0.1, 0.15) is 120 Å². The molecule has 0 bridgehead atoms. The van der Waals surface area contributed by atoms with Gasteiger partial charge in [-0.2, -0.15) is 0 Å². The fourth-order valence-corrected chi connectivity index (χ4v) is 7.29. The Balaban J connectivity index is 0.000000299. The number of benzene rings is 4. The fourth-order valence-electron chi connectivity index (χ4n) is 7.29. The number of pyridine rings is 1. The van der Waals surface area contributed by atoms with Crippen molar-refractivity contribution in [3.63, 3.8) is 0 Å². The van der Waals surface area contributed by atoms with E-state index in [1.54, 1.807) is 0 Å². The van der Waals surface area contributed by atoms with Crippen LogP contribution >= 0.6 is 0 Å². The molecule has 0 fully saturated rings. The number of ether oxygens (including phenoxy) is 1. The number of carbonyl (C=O) groups excluding carboxylic acids is 1. The van der Waals surface area contributed by atoms with Gasteiger partial charge in [-0.1, -0.05) is 136 Å². The van der Waals surface area contributed by atoms with Crippen LogP contribution in [0, 0.1) is 27.7 Å². The van der Waals surface area contributed by atoms with E-state index in [2.05, 4.69) is 102 Å². The van der Waals surface area contributed by atoms with Crippen molar-refractivity contribution in [1.29, 1.82) is 0 Å². The number of rotatable bonds is 9. The third kappa shape index (κ3) is 8.73. The summed E-state index contributed by atoms with van der Waals surface area (Å²) in [7, 11) is 0. The molecule has 1 aliphatic rings. The zero-order valence-corrected chi connectivity index (χ0v) is 36.5. The van der Waals surface area contributed by atoms with Gasteiger partial charge < -0.3 is 9.84 Å². The van der Waals surface area contributed by atoms with E-state index in [1.165, 1.54) is 38.7 Å². The van der Waals surface area contributed by atoms with Crippen molar-refractivity contribution in [2.45, 2.75) is 122 Å². The average Bonchev–Trinajstić information content (AvgIpc) is 3.10. The molecule has 5 aromatic rings. The van der Waals surface area contributed by atoms with E-state index < -0.39 is 0 Å². The second-order valence-corrected chi connectivity index (χ2v) is 17.8. The van der Waals surface area contributed by atoms with Gasteiger partial charge in [-0.25, -0.2) is 0 Å². The topological polar surface area (TPSA) is 59.4 Å². The first-order valence-electron chi connectivity index (χ1n) is 19.3. The number of aliphatic hydroxyl groups excluding tert-OH is 1. The molecule has 0 spiro atoms. The van der Waals surface area contributed by atoms with Gasteiger partial charge in [-0.15, -0.1) is 17.5 Å². The van der Waals surface area contributed by atoms with E-state index in [0.717, 1.165) is 72.1 Å². The Morgan fingerprint density at radius 2 is 1.40 bits per heavy atom. The van der Waals surface area contributed by atoms with Crippen LogP contribution in [0.5, 0.6) is 11.5 Å². The third-order valence-corrected chi connectivity index (χ3v) is 11.4. The average molecular weight is 891 g/mol. The van der Waals surface area contributed by atoms with Gasteiger partial charge in [-0.3, -0.25) is 9.78 Å². The smallest absolute Gasteiger partial charge is 0.164 e. The second kappa shape index (κ2) is 16.1. The summed E-state index contributed by atoms with van der Waals surface area (Å²) in [6, 6.07) is 23.3. The Morgan fingerprint density at radius 3 is 2.00 bits per heavy atom. The minimum Gasteiger partial charge on any atom is -0.512 e. The number of allylic oxidation sites excluding steroid dienone is 2. The van der Waals surface area contributed by atoms with Crippen molar-refractivity contribution in [2.75, 3.05) is 0 Å². The van der Waals surface area contributed by atoms with Crippen LogP contribution in [0.15, 0.2) is 72.6 Å². The van der Waals surface area contributed by atoms with Crippen molar-refractivity contribution in [2.24, 2.45) is 21.7 Å². The van der Waals surface area contributed by atoms with E-state index in [0.29, 0.717) is 0 Å². The van der Waals surface area contributed by atoms with E-state index in [4.69, 9.17) is 9.72 Å². The maximum absolute atomic E-state index is 12.2. The number of hydrogen-bond acceptors (Lipinski definition) is 4. The molecule has 1 aliphatic heterocycles. The van der Waals surface area contributed by atoms with E-state index in [9.17, 15) is 9.90 Å². The molecule has 4 nitrogen and oxygen atoms in total. The SMILES string of the molecule is CC(C)(C)Cc1c2c([c-]c3ccccc13)-c1nccc3c1c(cc1cccc(CC(C)(C)C)c13)O2.CCC(C)(CC)C(=O)/C=C(\O)C(C)(CC)CC.[Ir]. The summed E-state index contributed by atoms with van der Waals surface area (Å²) >= 11 is 0. The van der Waals surface area contributed by atoms with E-state index in [1.807, 2.05) is 47.7 Å². The van der Waals surface area contributed by atoms with Crippen LogP contribution in [0.4, 0.5) is 0 Å². The van der Waals surface area contributed by atoms with Crippen molar-refractivity contribution < 1.29 is 34.7 Å². The summed E-state index contributed by atoms with van der Waals surface area (Å²) in [5.74, 6) is 2.10. The molecule has 2 heterocycles. The molecule has 1 radical (unpaired) electrons. The van der Waals surface area contributed by atoms with Crippen LogP contribution in [0.3, 0.4) is 0 Å². The van der Waals surface area contributed by atoms with Crippen LogP contribution in [0.25, 0.3) is 43.6 Å². The van der Waals surface area contributed by atoms with Crippen molar-refractivity contribution >= 4 is 38.1 Å². The van der Waals surface area contributed by atoms with E-state index in [-0.39, 0.29) is 53.3 Å². The molecule has 285 valence electrons. The quantitative estimate of drug-likeness (QED) is 0.0680. The Labute approximate surface area is 332 Å². The van der Waals surface area contributed by atoms with Gasteiger partial charge in [0.15, 0.2) is 5.78 Å². The molecule has 6 rings (SSSR count). The normalized spacial score (nSPS) is 13.2. The first kappa shape index (κ1) is 42.2. The summed E-state index contributed by atoms with van der Waals surface area (Å²) in [6.07, 6.45) is 8.64. The van der Waals surface area contributed by atoms with Gasteiger partial charge in [0.2, 0.25) is 0 Å². The molecular weight excluding hydrogens is 831 g/mol. The van der Waals surface area contributed by atoms with Gasteiger partial charge in [0.1, 0.15) is 11.5 Å². The number of aromatic nitrogens is 1. The van der Waals surface area contributed by atoms with Gasteiger partial charge in [-0.05, 0) is 83.2 Å². The van der Waals surface area contributed by atoms with Crippen LogP contribution in [-0.4, -0.2) is 15.9 Å². The number of nitrogens with zero attached hydrogens (tertiary/aromatic N) is 1. The maximum Gasteiger partial charge on any atom is 0.164 e.